The van der Waals surface area contributed by atoms with Crippen LogP contribution in [0.2, 0.25) is 0 Å². The van der Waals surface area contributed by atoms with E-state index in [4.69, 9.17) is 10.5 Å². The summed E-state index contributed by atoms with van der Waals surface area (Å²) in [5.41, 5.74) is 6.38. The number of anilines is 2. The summed E-state index contributed by atoms with van der Waals surface area (Å²) in [5.74, 6) is 0.150. The fraction of sp³-hybridized carbons (Fsp3) is 0.333. The van der Waals surface area contributed by atoms with E-state index in [0.717, 1.165) is 0 Å². The van der Waals surface area contributed by atoms with Crippen molar-refractivity contribution in [1.82, 2.24) is 0 Å². The van der Waals surface area contributed by atoms with E-state index >= 15 is 0 Å². The highest BCUT2D eigenvalue weighted by Gasteiger charge is 2.07. The molecule has 18 heavy (non-hydrogen) atoms. The highest BCUT2D eigenvalue weighted by atomic mass is 16.5. The van der Waals surface area contributed by atoms with Gasteiger partial charge in [0.1, 0.15) is 5.75 Å². The topological polar surface area (TPSA) is 93.4 Å². The van der Waals surface area contributed by atoms with Crippen LogP contribution in [0, 0.1) is 0 Å². The Kier molecular flexibility index (Phi) is 5.13. The molecule has 0 atom stereocenters. The third kappa shape index (κ3) is 4.06. The van der Waals surface area contributed by atoms with E-state index in [2.05, 4.69) is 10.6 Å². The number of carbonyl (C=O) groups is 2. The fourth-order valence-electron chi connectivity index (χ4n) is 1.43. The van der Waals surface area contributed by atoms with Crippen LogP contribution < -0.4 is 21.1 Å². The van der Waals surface area contributed by atoms with Gasteiger partial charge in [-0.1, -0.05) is 0 Å². The molecule has 0 aliphatic rings. The first-order chi connectivity index (χ1) is 8.56. The van der Waals surface area contributed by atoms with Gasteiger partial charge in [-0.05, 0) is 18.2 Å². The second kappa shape index (κ2) is 6.61. The Bertz CT molecular complexity index is 446. The lowest BCUT2D eigenvalue weighted by atomic mass is 10.2. The van der Waals surface area contributed by atoms with Crippen molar-refractivity contribution in [3.63, 3.8) is 0 Å². The maximum atomic E-state index is 11.4. The molecule has 0 unspecified atom stereocenters. The van der Waals surface area contributed by atoms with E-state index in [1.807, 2.05) is 0 Å². The van der Waals surface area contributed by atoms with Crippen LogP contribution >= 0.6 is 0 Å². The van der Waals surface area contributed by atoms with Gasteiger partial charge < -0.3 is 21.1 Å². The number of amides is 2. The molecule has 0 heterocycles. The molecule has 98 valence electrons. The minimum Gasteiger partial charge on any atom is -0.495 e. The zero-order valence-corrected chi connectivity index (χ0v) is 10.4. The monoisotopic (exact) mass is 251 g/mol. The first-order valence-corrected chi connectivity index (χ1v) is 5.52. The van der Waals surface area contributed by atoms with Crippen LogP contribution in [-0.4, -0.2) is 25.5 Å². The number of hydrogen-bond donors (Lipinski definition) is 3. The Morgan fingerprint density at radius 2 is 2.06 bits per heavy atom. The van der Waals surface area contributed by atoms with Gasteiger partial charge in [0.25, 0.3) is 0 Å². The number of hydrogen-bond acceptors (Lipinski definition) is 4. The van der Waals surface area contributed by atoms with Gasteiger partial charge in [0.05, 0.1) is 12.8 Å². The maximum absolute atomic E-state index is 11.4. The van der Waals surface area contributed by atoms with Crippen molar-refractivity contribution in [3.05, 3.63) is 18.2 Å². The molecule has 0 saturated heterocycles. The molecule has 6 nitrogen and oxygen atoms in total. The summed E-state index contributed by atoms with van der Waals surface area (Å²) in [6.45, 7) is 1.69. The summed E-state index contributed by atoms with van der Waals surface area (Å²) in [6.07, 6.45) is 0.251. The van der Waals surface area contributed by atoms with Crippen LogP contribution in [0.15, 0.2) is 18.2 Å². The van der Waals surface area contributed by atoms with Gasteiger partial charge in [-0.25, -0.2) is 0 Å². The Morgan fingerprint density at radius 3 is 2.61 bits per heavy atom. The molecule has 0 fully saturated rings. The SMILES string of the molecule is COc1ccc(NC(=O)CCN)cc1NC(C)=O. The largest absolute Gasteiger partial charge is 0.495 e. The normalized spacial score (nSPS) is 9.72. The van der Waals surface area contributed by atoms with Gasteiger partial charge in [-0.2, -0.15) is 0 Å². The van der Waals surface area contributed by atoms with Crippen LogP contribution in [0.3, 0.4) is 0 Å². The van der Waals surface area contributed by atoms with Crippen molar-refractivity contribution in [3.8, 4) is 5.75 Å². The minimum atomic E-state index is -0.210. The van der Waals surface area contributed by atoms with Crippen molar-refractivity contribution in [2.24, 2.45) is 5.73 Å². The number of nitrogens with two attached hydrogens (primary N) is 1. The molecule has 0 aromatic heterocycles. The second-order valence-corrected chi connectivity index (χ2v) is 3.68. The highest BCUT2D eigenvalue weighted by molar-refractivity contribution is 5.94. The van der Waals surface area contributed by atoms with Gasteiger partial charge in [-0.3, -0.25) is 9.59 Å². The zero-order valence-electron chi connectivity index (χ0n) is 10.4. The zero-order chi connectivity index (χ0) is 13.5. The van der Waals surface area contributed by atoms with Crippen molar-refractivity contribution in [2.45, 2.75) is 13.3 Å². The molecule has 0 aliphatic heterocycles. The van der Waals surface area contributed by atoms with E-state index in [-0.39, 0.29) is 18.2 Å². The third-order valence-corrected chi connectivity index (χ3v) is 2.17. The maximum Gasteiger partial charge on any atom is 0.225 e. The molecule has 6 heteroatoms. The Morgan fingerprint density at radius 1 is 1.33 bits per heavy atom. The predicted octanol–water partition coefficient (Wildman–Crippen LogP) is 0.941. The minimum absolute atomic E-state index is 0.170. The lowest BCUT2D eigenvalue weighted by Gasteiger charge is -2.11. The lowest BCUT2D eigenvalue weighted by molar-refractivity contribution is -0.116. The van der Waals surface area contributed by atoms with Crippen molar-refractivity contribution in [1.29, 1.82) is 0 Å². The smallest absolute Gasteiger partial charge is 0.225 e. The van der Waals surface area contributed by atoms with Gasteiger partial charge in [0, 0.05) is 25.6 Å². The van der Waals surface area contributed by atoms with Crippen LogP contribution in [0.25, 0.3) is 0 Å². The van der Waals surface area contributed by atoms with Crippen molar-refractivity contribution < 1.29 is 14.3 Å². The summed E-state index contributed by atoms with van der Waals surface area (Å²) in [5, 5.41) is 5.31. The number of carbonyl (C=O) groups excluding carboxylic acids is 2. The molecule has 4 N–H and O–H groups in total. The Labute approximate surface area is 105 Å². The number of ether oxygens (including phenoxy) is 1. The van der Waals surface area contributed by atoms with E-state index in [0.29, 0.717) is 23.7 Å². The number of benzene rings is 1. The Balaban J connectivity index is 2.88. The molecule has 1 aromatic rings. The number of rotatable bonds is 5. The quantitative estimate of drug-likeness (QED) is 0.726. The van der Waals surface area contributed by atoms with Crippen molar-refractivity contribution in [2.75, 3.05) is 24.3 Å². The highest BCUT2D eigenvalue weighted by Crippen LogP contribution is 2.27. The van der Waals surface area contributed by atoms with E-state index in [9.17, 15) is 9.59 Å². The van der Waals surface area contributed by atoms with Crippen LogP contribution in [0.1, 0.15) is 13.3 Å². The summed E-state index contributed by atoms with van der Waals surface area (Å²) < 4.78 is 5.11. The van der Waals surface area contributed by atoms with Gasteiger partial charge in [0.15, 0.2) is 0 Å². The fourth-order valence-corrected chi connectivity index (χ4v) is 1.43. The molecular weight excluding hydrogens is 234 g/mol. The first kappa shape index (κ1) is 14.0. The molecule has 0 spiro atoms. The lowest BCUT2D eigenvalue weighted by Crippen LogP contribution is -2.16. The van der Waals surface area contributed by atoms with Gasteiger partial charge in [0.2, 0.25) is 11.8 Å². The van der Waals surface area contributed by atoms with Crippen molar-refractivity contribution >= 4 is 23.2 Å². The third-order valence-electron chi connectivity index (χ3n) is 2.17. The molecule has 1 rings (SSSR count). The van der Waals surface area contributed by atoms with Gasteiger partial charge in [-0.15, -0.1) is 0 Å². The van der Waals surface area contributed by atoms with Crippen LogP contribution in [0.5, 0.6) is 5.75 Å². The predicted molar refractivity (Wildman–Crippen MR) is 69.6 cm³/mol. The van der Waals surface area contributed by atoms with Crippen LogP contribution in [0.4, 0.5) is 11.4 Å². The molecule has 0 bridgehead atoms. The number of nitrogens with one attached hydrogen (secondary N) is 2. The van der Waals surface area contributed by atoms with Gasteiger partial charge >= 0.3 is 0 Å². The summed E-state index contributed by atoms with van der Waals surface area (Å²) in [6, 6.07) is 5.00. The summed E-state index contributed by atoms with van der Waals surface area (Å²) >= 11 is 0. The average Bonchev–Trinajstić information content (AvgIpc) is 2.28. The molecule has 2 amide bonds. The van der Waals surface area contributed by atoms with E-state index in [1.165, 1.54) is 14.0 Å². The summed E-state index contributed by atoms with van der Waals surface area (Å²) in [4.78, 5) is 22.4. The second-order valence-electron chi connectivity index (χ2n) is 3.68. The molecular formula is C12H17N3O3. The average molecular weight is 251 g/mol. The molecule has 1 aromatic carbocycles. The van der Waals surface area contributed by atoms with Crippen LogP contribution in [-0.2, 0) is 9.59 Å². The standard InChI is InChI=1S/C12H17N3O3/c1-8(16)14-10-7-9(3-4-11(10)18-2)15-12(17)5-6-13/h3-4,7H,5-6,13H2,1-2H3,(H,14,16)(H,15,17). The molecule has 0 saturated carbocycles. The van der Waals surface area contributed by atoms with E-state index < -0.39 is 0 Å². The first-order valence-electron chi connectivity index (χ1n) is 5.52. The summed E-state index contributed by atoms with van der Waals surface area (Å²) in [7, 11) is 1.51. The molecule has 0 aliphatic carbocycles. The Hall–Kier alpha value is -2.08. The molecule has 0 radical (unpaired) electrons. The van der Waals surface area contributed by atoms with E-state index in [1.54, 1.807) is 18.2 Å². The number of methoxy groups -OCH3 is 1.